The molecule has 0 radical (unpaired) electrons. The lowest BCUT2D eigenvalue weighted by Gasteiger charge is -2.42. The average Bonchev–Trinajstić information content (AvgIpc) is 2.99. The van der Waals surface area contributed by atoms with E-state index < -0.39 is 11.5 Å². The van der Waals surface area contributed by atoms with Gasteiger partial charge in [-0.3, -0.25) is 0 Å². The summed E-state index contributed by atoms with van der Waals surface area (Å²) < 4.78 is 15.3. The number of phenols is 3. The molecule has 3 aromatic rings. The van der Waals surface area contributed by atoms with E-state index in [4.69, 9.17) is 0 Å². The fourth-order valence-corrected chi connectivity index (χ4v) is 6.24. The molecule has 154 valence electrons. The van der Waals surface area contributed by atoms with Gasteiger partial charge in [0.1, 0.15) is 11.6 Å². The zero-order valence-corrected chi connectivity index (χ0v) is 18.5. The second kappa shape index (κ2) is 6.93. The van der Waals surface area contributed by atoms with Crippen molar-refractivity contribution in [1.29, 1.82) is 0 Å². The second-order valence-electron chi connectivity index (χ2n) is 7.79. The third-order valence-electron chi connectivity index (χ3n) is 5.96. The first-order valence-corrected chi connectivity index (χ1v) is 12.6. The van der Waals surface area contributed by atoms with E-state index in [0.717, 1.165) is 22.4 Å². The topological polar surface area (TPSA) is 84.2 Å². The summed E-state index contributed by atoms with van der Waals surface area (Å²) in [5.41, 5.74) is 3.16. The predicted molar refractivity (Wildman–Crippen MR) is 123 cm³/mol. The Morgan fingerprint density at radius 3 is 2.37 bits per heavy atom. The Balaban J connectivity index is 1.75. The summed E-state index contributed by atoms with van der Waals surface area (Å²) >= 11 is 2.14. The van der Waals surface area contributed by atoms with Gasteiger partial charge in [-0.1, -0.05) is 12.1 Å². The highest BCUT2D eigenvalue weighted by molar-refractivity contribution is 14.2. The van der Waals surface area contributed by atoms with E-state index in [1.807, 2.05) is 10.4 Å². The highest BCUT2D eigenvalue weighted by Crippen LogP contribution is 2.56. The fourth-order valence-electron chi connectivity index (χ4n) is 4.68. The van der Waals surface area contributed by atoms with Crippen LogP contribution >= 0.6 is 30.3 Å². The van der Waals surface area contributed by atoms with Gasteiger partial charge < -0.3 is 24.7 Å². The van der Waals surface area contributed by atoms with E-state index in [2.05, 4.69) is 21.2 Å². The van der Waals surface area contributed by atoms with Crippen LogP contribution in [0.4, 0.5) is 10.1 Å². The van der Waals surface area contributed by atoms with Crippen molar-refractivity contribution in [2.45, 2.75) is 17.9 Å². The Morgan fingerprint density at radius 2 is 1.67 bits per heavy atom. The lowest BCUT2D eigenvalue weighted by molar-refractivity contribution is 0.0421. The van der Waals surface area contributed by atoms with E-state index in [0.29, 0.717) is 24.1 Å². The molecular formula is C22H17FINO4S. The Morgan fingerprint density at radius 1 is 0.967 bits per heavy atom. The summed E-state index contributed by atoms with van der Waals surface area (Å²) in [5.74, 6) is -1.18. The number of aliphatic hydroxyl groups is 1. The third kappa shape index (κ3) is 2.92. The molecule has 0 fully saturated rings. The number of hydrogen-bond acceptors (Lipinski definition) is 6. The van der Waals surface area contributed by atoms with Crippen molar-refractivity contribution in [1.82, 2.24) is 0 Å². The Kier molecular flexibility index (Phi) is 4.57. The monoisotopic (exact) mass is 537 g/mol. The standard InChI is InChI=1S/C22H17FINO4S/c23-13-3-1-11(2-4-13)14-6-16-17(8-18(14)26)25(30-24)10-22(29)9-12-5-19(27)20(28)7-15(12)21(16)22/h1-8,21,26-29H,9-10H2. The van der Waals surface area contributed by atoms with Crippen LogP contribution in [0, 0.1) is 5.82 Å². The second-order valence-corrected chi connectivity index (χ2v) is 9.55. The Hall–Kier alpha value is -2.17. The number of rotatable bonds is 2. The molecule has 30 heavy (non-hydrogen) atoms. The first-order chi connectivity index (χ1) is 14.3. The van der Waals surface area contributed by atoms with E-state index in [9.17, 15) is 24.8 Å². The van der Waals surface area contributed by atoms with Gasteiger partial charge in [-0.25, -0.2) is 4.39 Å². The molecule has 2 unspecified atom stereocenters. The molecule has 0 spiro atoms. The molecule has 5 nitrogen and oxygen atoms in total. The zero-order valence-electron chi connectivity index (χ0n) is 15.5. The number of benzene rings is 3. The quantitative estimate of drug-likeness (QED) is 0.213. The van der Waals surface area contributed by atoms with Crippen molar-refractivity contribution >= 4 is 36.0 Å². The van der Waals surface area contributed by atoms with Crippen molar-refractivity contribution in [3.05, 3.63) is 71.0 Å². The van der Waals surface area contributed by atoms with E-state index in [1.54, 1.807) is 18.2 Å². The normalized spacial score (nSPS) is 21.8. The minimum atomic E-state index is -1.13. The maximum Gasteiger partial charge on any atom is 0.157 e. The molecule has 4 N–H and O–H groups in total. The van der Waals surface area contributed by atoms with E-state index in [1.165, 1.54) is 33.4 Å². The van der Waals surface area contributed by atoms with Gasteiger partial charge in [0.2, 0.25) is 0 Å². The van der Waals surface area contributed by atoms with Crippen LogP contribution in [0.15, 0.2) is 48.5 Å². The van der Waals surface area contributed by atoms with Crippen molar-refractivity contribution in [3.63, 3.8) is 0 Å². The number of hydrogen-bond donors (Lipinski definition) is 4. The van der Waals surface area contributed by atoms with Gasteiger partial charge in [-0.15, -0.1) is 0 Å². The van der Waals surface area contributed by atoms with Gasteiger partial charge >= 0.3 is 0 Å². The first-order valence-electron chi connectivity index (χ1n) is 9.27. The highest BCUT2D eigenvalue weighted by Gasteiger charge is 2.51. The van der Waals surface area contributed by atoms with Crippen LogP contribution in [-0.2, 0) is 6.42 Å². The van der Waals surface area contributed by atoms with Crippen LogP contribution in [0.1, 0.15) is 22.6 Å². The van der Waals surface area contributed by atoms with Crippen LogP contribution in [0.25, 0.3) is 11.1 Å². The summed E-state index contributed by atoms with van der Waals surface area (Å²) in [4.78, 5) is 0. The molecular weight excluding hydrogens is 520 g/mol. The molecule has 0 saturated heterocycles. The van der Waals surface area contributed by atoms with Gasteiger partial charge in [-0.05, 0) is 52.6 Å². The van der Waals surface area contributed by atoms with Gasteiger partial charge in [0.05, 0.1) is 17.8 Å². The fraction of sp³-hybridized carbons (Fsp3) is 0.182. The summed E-state index contributed by atoms with van der Waals surface area (Å²) in [6.07, 6.45) is 0.334. The molecule has 0 bridgehead atoms. The Bertz CT molecular complexity index is 1170. The van der Waals surface area contributed by atoms with E-state index in [-0.39, 0.29) is 23.1 Å². The van der Waals surface area contributed by atoms with Gasteiger partial charge in [0.25, 0.3) is 0 Å². The van der Waals surface area contributed by atoms with Crippen molar-refractivity contribution in [2.24, 2.45) is 0 Å². The molecule has 0 amide bonds. The van der Waals surface area contributed by atoms with Crippen LogP contribution in [0.2, 0.25) is 0 Å². The van der Waals surface area contributed by atoms with Crippen molar-refractivity contribution < 1.29 is 24.8 Å². The first kappa shape index (κ1) is 19.8. The summed E-state index contributed by atoms with van der Waals surface area (Å²) in [5, 5.41) is 42.3. The minimum Gasteiger partial charge on any atom is -0.507 e. The van der Waals surface area contributed by atoms with Crippen LogP contribution < -0.4 is 4.31 Å². The molecule has 8 heteroatoms. The summed E-state index contributed by atoms with van der Waals surface area (Å²) in [7, 11) is 1.42. The number of β-amino-alcohol motifs (C(OH)–C–C–N with tert-alkyl or cyclic N) is 1. The van der Waals surface area contributed by atoms with Crippen LogP contribution in [-0.4, -0.2) is 32.6 Å². The Labute approximate surface area is 188 Å². The number of phenolic OH excluding ortho intramolecular Hbond substituents is 3. The molecule has 3 aromatic carbocycles. The number of anilines is 1. The largest absolute Gasteiger partial charge is 0.507 e. The lowest BCUT2D eigenvalue weighted by atomic mass is 9.77. The average molecular weight is 537 g/mol. The number of fused-ring (bicyclic) bond motifs is 5. The molecule has 1 aliphatic carbocycles. The summed E-state index contributed by atoms with van der Waals surface area (Å²) in [6, 6.07) is 12.4. The number of nitrogens with zero attached hydrogens (tertiary/aromatic N) is 1. The lowest BCUT2D eigenvalue weighted by Crippen LogP contribution is -2.48. The van der Waals surface area contributed by atoms with Gasteiger partial charge in [0, 0.05) is 54.3 Å². The summed E-state index contributed by atoms with van der Waals surface area (Å²) in [6.45, 7) is 0.323. The zero-order chi connectivity index (χ0) is 21.2. The van der Waals surface area contributed by atoms with Crippen molar-refractivity contribution in [3.8, 4) is 28.4 Å². The molecule has 2 atom stereocenters. The molecule has 0 aromatic heterocycles. The molecule has 5 rings (SSSR count). The number of halogens is 2. The molecule has 1 heterocycles. The minimum absolute atomic E-state index is 0.0630. The third-order valence-corrected chi connectivity index (χ3v) is 7.88. The number of aromatic hydroxyl groups is 3. The maximum atomic E-state index is 13.4. The smallest absolute Gasteiger partial charge is 0.157 e. The molecule has 1 aliphatic heterocycles. The SMILES string of the molecule is Oc1cc2c(cc1O)C1c3cc(-c4ccc(F)cc4)c(O)cc3N(SI)CC1(O)C2. The molecule has 2 aliphatic rings. The van der Waals surface area contributed by atoms with Gasteiger partial charge in [-0.2, -0.15) is 0 Å². The van der Waals surface area contributed by atoms with E-state index >= 15 is 0 Å². The molecule has 0 saturated carbocycles. The predicted octanol–water partition coefficient (Wildman–Crippen LogP) is 4.85. The highest BCUT2D eigenvalue weighted by atomic mass is 127. The van der Waals surface area contributed by atoms with Gasteiger partial charge in [0.15, 0.2) is 11.5 Å². The van der Waals surface area contributed by atoms with Crippen molar-refractivity contribution in [2.75, 3.05) is 10.8 Å². The van der Waals surface area contributed by atoms with Crippen LogP contribution in [0.5, 0.6) is 17.2 Å². The van der Waals surface area contributed by atoms with Crippen LogP contribution in [0.3, 0.4) is 0 Å². The maximum absolute atomic E-state index is 13.4.